The molecular weight excluding hydrogens is 148 g/mol. The molecule has 0 saturated carbocycles. The van der Waals surface area contributed by atoms with Gasteiger partial charge >= 0.3 is 0 Å². The van der Waals surface area contributed by atoms with Crippen molar-refractivity contribution in [2.75, 3.05) is 6.61 Å². The summed E-state index contributed by atoms with van der Waals surface area (Å²) < 4.78 is 5.54. The van der Waals surface area contributed by atoms with Gasteiger partial charge in [0.1, 0.15) is 0 Å². The molecule has 72 valence electrons. The van der Waals surface area contributed by atoms with Gasteiger partial charge in [-0.2, -0.15) is 0 Å². The molecule has 0 bridgehead atoms. The first kappa shape index (κ1) is 10.0. The Hall–Kier alpha value is -0.0400. The molecule has 0 aliphatic carbocycles. The molecule has 1 rings (SSSR count). The van der Waals surface area contributed by atoms with Gasteiger partial charge in [-0.1, -0.05) is 46.0 Å². The van der Waals surface area contributed by atoms with Crippen LogP contribution in [0.25, 0.3) is 0 Å². The Bertz CT molecular complexity index is 116. The van der Waals surface area contributed by atoms with Gasteiger partial charge in [0.15, 0.2) is 0 Å². The molecule has 0 N–H and O–H groups in total. The Kier molecular flexibility index (Phi) is 4.07. The summed E-state index contributed by atoms with van der Waals surface area (Å²) >= 11 is 0. The van der Waals surface area contributed by atoms with E-state index in [4.69, 9.17) is 4.74 Å². The molecule has 12 heavy (non-hydrogen) atoms. The monoisotopic (exact) mass is 170 g/mol. The highest BCUT2D eigenvalue weighted by atomic mass is 16.6. The van der Waals surface area contributed by atoms with Crippen molar-refractivity contribution < 1.29 is 4.74 Å². The maximum atomic E-state index is 5.54. The predicted molar refractivity (Wildman–Crippen MR) is 52.4 cm³/mol. The summed E-state index contributed by atoms with van der Waals surface area (Å²) in [7, 11) is 0. The number of unbranched alkanes of at least 4 members (excludes halogenated alkanes) is 3. The van der Waals surface area contributed by atoms with E-state index in [1.807, 2.05) is 0 Å². The normalized spacial score (nSPS) is 27.5. The summed E-state index contributed by atoms with van der Waals surface area (Å²) in [6.45, 7) is 5.55. The van der Waals surface area contributed by atoms with Gasteiger partial charge in [0.05, 0.1) is 12.2 Å². The second kappa shape index (κ2) is 4.86. The summed E-state index contributed by atoms with van der Waals surface area (Å²) in [5.41, 5.74) is 0.352. The summed E-state index contributed by atoms with van der Waals surface area (Å²) in [6, 6.07) is 0. The highest BCUT2D eigenvalue weighted by molar-refractivity contribution is 4.91. The third-order valence-corrected chi connectivity index (χ3v) is 2.77. The fraction of sp³-hybridized carbons (Fsp3) is 1.00. The maximum absolute atomic E-state index is 5.54. The fourth-order valence-corrected chi connectivity index (χ4v) is 1.71. The van der Waals surface area contributed by atoms with Gasteiger partial charge in [-0.15, -0.1) is 0 Å². The zero-order chi connectivity index (χ0) is 8.86. The first-order chi connectivity index (χ1) is 5.83. The second-order valence-electron chi connectivity index (χ2n) is 4.03. The summed E-state index contributed by atoms with van der Waals surface area (Å²) in [4.78, 5) is 0. The van der Waals surface area contributed by atoms with Crippen LogP contribution in [-0.2, 0) is 4.74 Å². The van der Waals surface area contributed by atoms with Crippen molar-refractivity contribution in [3.8, 4) is 0 Å². The van der Waals surface area contributed by atoms with E-state index in [1.54, 1.807) is 0 Å². The van der Waals surface area contributed by atoms with Gasteiger partial charge in [0.25, 0.3) is 0 Å². The van der Waals surface area contributed by atoms with E-state index in [2.05, 4.69) is 13.8 Å². The van der Waals surface area contributed by atoms with Gasteiger partial charge < -0.3 is 4.74 Å². The van der Waals surface area contributed by atoms with Crippen LogP contribution in [0.4, 0.5) is 0 Å². The summed E-state index contributed by atoms with van der Waals surface area (Å²) in [5.74, 6) is 0. The van der Waals surface area contributed by atoms with Crippen LogP contribution >= 0.6 is 0 Å². The molecule has 1 aliphatic rings. The molecule has 1 heterocycles. The lowest BCUT2D eigenvalue weighted by Crippen LogP contribution is -2.10. The zero-order valence-electron chi connectivity index (χ0n) is 8.57. The van der Waals surface area contributed by atoms with Crippen molar-refractivity contribution >= 4 is 0 Å². The first-order valence-corrected chi connectivity index (χ1v) is 5.47. The van der Waals surface area contributed by atoms with Crippen molar-refractivity contribution in [2.24, 2.45) is 0 Å². The fourth-order valence-electron chi connectivity index (χ4n) is 1.71. The molecule has 0 aromatic heterocycles. The topological polar surface area (TPSA) is 12.5 Å². The summed E-state index contributed by atoms with van der Waals surface area (Å²) in [6.07, 6.45) is 9.31. The van der Waals surface area contributed by atoms with Crippen LogP contribution in [0.15, 0.2) is 0 Å². The molecular formula is C11H22O. The molecule has 1 saturated heterocycles. The molecule has 1 aliphatic heterocycles. The van der Waals surface area contributed by atoms with Crippen LogP contribution in [0, 0.1) is 0 Å². The van der Waals surface area contributed by atoms with E-state index in [1.165, 1.54) is 44.9 Å². The average Bonchev–Trinajstić information content (AvgIpc) is 2.83. The number of hydrogen-bond acceptors (Lipinski definition) is 1. The Morgan fingerprint density at radius 2 is 1.58 bits per heavy atom. The molecule has 1 nitrogen and oxygen atoms in total. The summed E-state index contributed by atoms with van der Waals surface area (Å²) in [5, 5.41) is 0. The Morgan fingerprint density at radius 1 is 1.00 bits per heavy atom. The maximum Gasteiger partial charge on any atom is 0.0916 e. The Morgan fingerprint density at radius 3 is 2.08 bits per heavy atom. The molecule has 0 spiro atoms. The highest BCUT2D eigenvalue weighted by Gasteiger charge is 2.42. The minimum atomic E-state index is 0.352. The lowest BCUT2D eigenvalue weighted by atomic mass is 9.96. The van der Waals surface area contributed by atoms with E-state index >= 15 is 0 Å². The van der Waals surface area contributed by atoms with Gasteiger partial charge in [-0.05, 0) is 12.8 Å². The third kappa shape index (κ3) is 3.14. The van der Waals surface area contributed by atoms with Crippen LogP contribution in [0.3, 0.4) is 0 Å². The largest absolute Gasteiger partial charge is 0.370 e. The van der Waals surface area contributed by atoms with Crippen molar-refractivity contribution in [2.45, 2.75) is 64.4 Å². The third-order valence-electron chi connectivity index (χ3n) is 2.77. The quantitative estimate of drug-likeness (QED) is 0.420. The molecule has 0 aromatic rings. The molecule has 0 amide bonds. The highest BCUT2D eigenvalue weighted by Crippen LogP contribution is 2.37. The minimum absolute atomic E-state index is 0.352. The van der Waals surface area contributed by atoms with E-state index in [9.17, 15) is 0 Å². The Labute approximate surface area is 76.5 Å². The van der Waals surface area contributed by atoms with E-state index in [0.717, 1.165) is 6.61 Å². The van der Waals surface area contributed by atoms with Crippen molar-refractivity contribution in [3.63, 3.8) is 0 Å². The van der Waals surface area contributed by atoms with Gasteiger partial charge in [-0.3, -0.25) is 0 Å². The number of hydrogen-bond donors (Lipinski definition) is 0. The molecule has 0 radical (unpaired) electrons. The van der Waals surface area contributed by atoms with Gasteiger partial charge in [-0.25, -0.2) is 0 Å². The standard InChI is InChI=1S/C11H22O/c1-3-5-7-9-11(10-12-11)8-6-4-2/h3-10H2,1-2H3. The predicted octanol–water partition coefficient (Wildman–Crippen LogP) is 3.53. The smallest absolute Gasteiger partial charge is 0.0916 e. The molecule has 1 heteroatoms. The van der Waals surface area contributed by atoms with Gasteiger partial charge in [0.2, 0.25) is 0 Å². The van der Waals surface area contributed by atoms with Crippen LogP contribution in [-0.4, -0.2) is 12.2 Å². The molecule has 1 atom stereocenters. The molecule has 1 fully saturated rings. The lowest BCUT2D eigenvalue weighted by Gasteiger charge is -2.09. The van der Waals surface area contributed by atoms with Crippen molar-refractivity contribution in [1.29, 1.82) is 0 Å². The van der Waals surface area contributed by atoms with E-state index in [0.29, 0.717) is 5.60 Å². The Balaban J connectivity index is 2.04. The van der Waals surface area contributed by atoms with E-state index in [-0.39, 0.29) is 0 Å². The number of rotatable bonds is 7. The van der Waals surface area contributed by atoms with Crippen LogP contribution in [0.5, 0.6) is 0 Å². The van der Waals surface area contributed by atoms with E-state index < -0.39 is 0 Å². The number of ether oxygens (including phenoxy) is 1. The van der Waals surface area contributed by atoms with Crippen LogP contribution in [0.2, 0.25) is 0 Å². The lowest BCUT2D eigenvalue weighted by molar-refractivity contribution is 0.262. The number of epoxide rings is 1. The van der Waals surface area contributed by atoms with Gasteiger partial charge in [0, 0.05) is 0 Å². The second-order valence-corrected chi connectivity index (χ2v) is 4.03. The average molecular weight is 170 g/mol. The SMILES string of the molecule is CCCCCC1(CCCC)CO1. The molecule has 0 aromatic carbocycles. The minimum Gasteiger partial charge on any atom is -0.370 e. The zero-order valence-corrected chi connectivity index (χ0v) is 8.57. The van der Waals surface area contributed by atoms with Crippen molar-refractivity contribution in [1.82, 2.24) is 0 Å². The van der Waals surface area contributed by atoms with Crippen molar-refractivity contribution in [3.05, 3.63) is 0 Å². The molecule has 1 unspecified atom stereocenters. The first-order valence-electron chi connectivity index (χ1n) is 5.47. The van der Waals surface area contributed by atoms with Crippen LogP contribution in [0.1, 0.15) is 58.8 Å². The van der Waals surface area contributed by atoms with Crippen LogP contribution < -0.4 is 0 Å².